The first-order valence-electron chi connectivity index (χ1n) is 5.32. The molecule has 0 aromatic carbocycles. The van der Waals surface area contributed by atoms with Crippen LogP contribution in [-0.4, -0.2) is 33.4 Å². The molecule has 18 heavy (non-hydrogen) atoms. The molecule has 0 bridgehead atoms. The first-order valence-corrected chi connectivity index (χ1v) is 5.32. The molecule has 0 saturated heterocycles. The second kappa shape index (κ2) is 4.82. The standard InChI is InChI=1S/C11H11N3O4/c1-3-17-11(16)8-4-5-12-14(8)10(15)9-6-7(2)13-18-9/h4-6H,3H2,1-2H3. The predicted octanol–water partition coefficient (Wildman–Crippen LogP) is 1.04. The van der Waals surface area contributed by atoms with Crippen molar-refractivity contribution < 1.29 is 18.8 Å². The number of rotatable bonds is 3. The monoisotopic (exact) mass is 249 g/mol. The number of aromatic nitrogens is 3. The minimum Gasteiger partial charge on any atom is -0.461 e. The summed E-state index contributed by atoms with van der Waals surface area (Å²) in [4.78, 5) is 23.6. The van der Waals surface area contributed by atoms with Gasteiger partial charge in [-0.1, -0.05) is 5.16 Å². The number of nitrogens with zero attached hydrogens (tertiary/aromatic N) is 3. The number of hydrogen-bond donors (Lipinski definition) is 0. The number of esters is 1. The van der Waals surface area contributed by atoms with Gasteiger partial charge in [0, 0.05) is 6.07 Å². The molecule has 0 aliphatic rings. The Balaban J connectivity index is 2.32. The highest BCUT2D eigenvalue weighted by Crippen LogP contribution is 2.08. The zero-order valence-corrected chi connectivity index (χ0v) is 9.91. The Hall–Kier alpha value is -2.44. The van der Waals surface area contributed by atoms with Crippen molar-refractivity contribution in [2.45, 2.75) is 13.8 Å². The van der Waals surface area contributed by atoms with Gasteiger partial charge in [-0.05, 0) is 19.9 Å². The quantitative estimate of drug-likeness (QED) is 0.755. The van der Waals surface area contributed by atoms with Gasteiger partial charge >= 0.3 is 11.9 Å². The molecule has 7 nitrogen and oxygen atoms in total. The van der Waals surface area contributed by atoms with Crippen molar-refractivity contribution in [2.75, 3.05) is 6.61 Å². The molecular weight excluding hydrogens is 238 g/mol. The lowest BCUT2D eigenvalue weighted by molar-refractivity contribution is 0.0506. The van der Waals surface area contributed by atoms with Gasteiger partial charge in [0.1, 0.15) is 0 Å². The van der Waals surface area contributed by atoms with Crippen molar-refractivity contribution in [3.8, 4) is 0 Å². The first kappa shape index (κ1) is 12.0. The highest BCUT2D eigenvalue weighted by Gasteiger charge is 2.22. The zero-order valence-electron chi connectivity index (χ0n) is 9.91. The molecule has 0 atom stereocenters. The molecule has 0 aliphatic carbocycles. The fourth-order valence-electron chi connectivity index (χ4n) is 1.39. The molecule has 0 radical (unpaired) electrons. The van der Waals surface area contributed by atoms with Crippen LogP contribution >= 0.6 is 0 Å². The molecule has 0 saturated carbocycles. The first-order chi connectivity index (χ1) is 8.63. The summed E-state index contributed by atoms with van der Waals surface area (Å²) in [5.41, 5.74) is 0.624. The van der Waals surface area contributed by atoms with Gasteiger partial charge in [0.25, 0.3) is 0 Å². The summed E-state index contributed by atoms with van der Waals surface area (Å²) in [5.74, 6) is -1.16. The average Bonchev–Trinajstić information content (AvgIpc) is 2.96. The maximum atomic E-state index is 12.0. The van der Waals surface area contributed by atoms with Crippen LogP contribution in [0.3, 0.4) is 0 Å². The van der Waals surface area contributed by atoms with E-state index in [0.717, 1.165) is 4.68 Å². The summed E-state index contributed by atoms with van der Waals surface area (Å²) >= 11 is 0. The third-order valence-corrected chi connectivity index (χ3v) is 2.16. The van der Waals surface area contributed by atoms with Gasteiger partial charge in [0.2, 0.25) is 5.76 Å². The van der Waals surface area contributed by atoms with E-state index in [0.29, 0.717) is 5.69 Å². The third-order valence-electron chi connectivity index (χ3n) is 2.16. The van der Waals surface area contributed by atoms with Crippen molar-refractivity contribution in [1.29, 1.82) is 0 Å². The van der Waals surface area contributed by atoms with Crippen LogP contribution in [0.4, 0.5) is 0 Å². The number of carbonyl (C=O) groups is 2. The molecule has 0 spiro atoms. The predicted molar refractivity (Wildman–Crippen MR) is 59.2 cm³/mol. The normalized spacial score (nSPS) is 10.3. The molecule has 7 heteroatoms. The van der Waals surface area contributed by atoms with Crippen LogP contribution in [0.25, 0.3) is 0 Å². The van der Waals surface area contributed by atoms with Gasteiger partial charge in [-0.2, -0.15) is 9.78 Å². The minimum absolute atomic E-state index is 0.0155. The van der Waals surface area contributed by atoms with E-state index in [1.54, 1.807) is 13.8 Å². The van der Waals surface area contributed by atoms with E-state index in [-0.39, 0.29) is 18.1 Å². The van der Waals surface area contributed by atoms with E-state index < -0.39 is 11.9 Å². The maximum absolute atomic E-state index is 12.0. The lowest BCUT2D eigenvalue weighted by Gasteiger charge is -2.03. The molecule has 0 N–H and O–H groups in total. The SMILES string of the molecule is CCOC(=O)c1ccnn1C(=O)c1cc(C)no1. The third kappa shape index (κ3) is 2.15. The highest BCUT2D eigenvalue weighted by molar-refractivity contribution is 5.98. The molecular formula is C11H11N3O4. The average molecular weight is 249 g/mol. The van der Waals surface area contributed by atoms with Gasteiger partial charge in [0.05, 0.1) is 18.5 Å². The molecule has 2 aromatic rings. The number of aryl methyl sites for hydroxylation is 1. The van der Waals surface area contributed by atoms with Crippen LogP contribution < -0.4 is 0 Å². The fourth-order valence-corrected chi connectivity index (χ4v) is 1.39. The van der Waals surface area contributed by atoms with Gasteiger partial charge in [-0.3, -0.25) is 4.79 Å². The Labute approximate surface area is 102 Å². The molecule has 0 fully saturated rings. The van der Waals surface area contributed by atoms with Crippen LogP contribution in [-0.2, 0) is 4.74 Å². The Morgan fingerprint density at radius 1 is 1.50 bits per heavy atom. The maximum Gasteiger partial charge on any atom is 0.357 e. The summed E-state index contributed by atoms with van der Waals surface area (Å²) in [6.45, 7) is 3.59. The van der Waals surface area contributed by atoms with Gasteiger partial charge < -0.3 is 9.26 Å². The van der Waals surface area contributed by atoms with Crippen molar-refractivity contribution >= 4 is 11.9 Å². The van der Waals surface area contributed by atoms with Crippen molar-refractivity contribution in [3.05, 3.63) is 35.5 Å². The molecule has 94 valence electrons. The lowest BCUT2D eigenvalue weighted by atomic mass is 10.3. The van der Waals surface area contributed by atoms with Gasteiger partial charge in [-0.25, -0.2) is 4.79 Å². The molecule has 0 amide bonds. The summed E-state index contributed by atoms with van der Waals surface area (Å²) < 4.78 is 10.6. The van der Waals surface area contributed by atoms with Gasteiger partial charge in [0.15, 0.2) is 5.69 Å². The van der Waals surface area contributed by atoms with Crippen molar-refractivity contribution in [3.63, 3.8) is 0 Å². The van der Waals surface area contributed by atoms with Crippen molar-refractivity contribution in [2.24, 2.45) is 0 Å². The van der Waals surface area contributed by atoms with Crippen LogP contribution in [0, 0.1) is 6.92 Å². The van der Waals surface area contributed by atoms with E-state index in [2.05, 4.69) is 10.3 Å². The van der Waals surface area contributed by atoms with E-state index >= 15 is 0 Å². The topological polar surface area (TPSA) is 87.2 Å². The molecule has 2 rings (SSSR count). The summed E-state index contributed by atoms with van der Waals surface area (Å²) in [6, 6.07) is 2.87. The highest BCUT2D eigenvalue weighted by atomic mass is 16.5. The largest absolute Gasteiger partial charge is 0.461 e. The summed E-state index contributed by atoms with van der Waals surface area (Å²) in [6.07, 6.45) is 1.34. The number of carbonyl (C=O) groups excluding carboxylic acids is 2. The Morgan fingerprint density at radius 3 is 2.89 bits per heavy atom. The van der Waals surface area contributed by atoms with Crippen LogP contribution in [0.15, 0.2) is 22.9 Å². The number of hydrogen-bond acceptors (Lipinski definition) is 6. The summed E-state index contributed by atoms with van der Waals surface area (Å²) in [7, 11) is 0. The Morgan fingerprint density at radius 2 is 2.28 bits per heavy atom. The van der Waals surface area contributed by atoms with Crippen molar-refractivity contribution in [1.82, 2.24) is 14.9 Å². The molecule has 2 heterocycles. The van der Waals surface area contributed by atoms with E-state index in [9.17, 15) is 9.59 Å². The molecule has 0 aliphatic heterocycles. The lowest BCUT2D eigenvalue weighted by Crippen LogP contribution is -2.20. The van der Waals surface area contributed by atoms with E-state index in [1.165, 1.54) is 18.3 Å². The van der Waals surface area contributed by atoms with Crippen LogP contribution in [0.2, 0.25) is 0 Å². The van der Waals surface area contributed by atoms with Crippen LogP contribution in [0.5, 0.6) is 0 Å². The minimum atomic E-state index is -0.611. The molecule has 0 unspecified atom stereocenters. The smallest absolute Gasteiger partial charge is 0.357 e. The fraction of sp³-hybridized carbons (Fsp3) is 0.273. The second-order valence-electron chi connectivity index (χ2n) is 3.49. The number of ether oxygens (including phenoxy) is 1. The Bertz CT molecular complexity index is 585. The van der Waals surface area contributed by atoms with Crippen LogP contribution in [0.1, 0.15) is 33.7 Å². The van der Waals surface area contributed by atoms with E-state index in [1.807, 2.05) is 0 Å². The zero-order chi connectivity index (χ0) is 13.1. The van der Waals surface area contributed by atoms with Gasteiger partial charge in [-0.15, -0.1) is 0 Å². The second-order valence-corrected chi connectivity index (χ2v) is 3.49. The van der Waals surface area contributed by atoms with E-state index in [4.69, 9.17) is 9.26 Å². The summed E-state index contributed by atoms with van der Waals surface area (Å²) in [5, 5.41) is 7.39. The molecule has 2 aromatic heterocycles. The Kier molecular flexibility index (Phi) is 3.22.